The van der Waals surface area contributed by atoms with E-state index in [4.69, 9.17) is 5.11 Å². The maximum atomic E-state index is 11.2. The van der Waals surface area contributed by atoms with Crippen molar-refractivity contribution in [2.24, 2.45) is 0 Å². The molecule has 2 heterocycles. The fraction of sp³-hybridized carbons (Fsp3) is 0.300. The quantitative estimate of drug-likeness (QED) is 0.455. The normalized spacial score (nSPS) is 9.61. The van der Waals surface area contributed by atoms with Gasteiger partial charge in [-0.25, -0.2) is 9.55 Å². The smallest absolute Gasteiger partial charge is 0.395 e. The summed E-state index contributed by atoms with van der Waals surface area (Å²) in [4.78, 5) is 39.3. The zero-order chi connectivity index (χ0) is 17.2. The van der Waals surface area contributed by atoms with Gasteiger partial charge in [-0.3, -0.25) is 4.79 Å². The highest BCUT2D eigenvalue weighted by Gasteiger charge is 2.16. The summed E-state index contributed by atoms with van der Waals surface area (Å²) < 4.78 is 1.12. The minimum Gasteiger partial charge on any atom is -0.395 e. The fourth-order valence-electron chi connectivity index (χ4n) is 1.36. The highest BCUT2D eigenvalue weighted by Crippen LogP contribution is 2.06. The molecular formula is C10H13N7O6. The predicted molar refractivity (Wildman–Crippen MR) is 74.2 cm³/mol. The Labute approximate surface area is 128 Å². The van der Waals surface area contributed by atoms with E-state index in [1.54, 1.807) is 0 Å². The van der Waals surface area contributed by atoms with E-state index in [0.717, 1.165) is 4.57 Å². The first-order valence-corrected chi connectivity index (χ1v) is 6.12. The second-order valence-corrected chi connectivity index (χ2v) is 3.86. The third-order valence-corrected chi connectivity index (χ3v) is 2.26. The van der Waals surface area contributed by atoms with Crippen LogP contribution in [0.2, 0.25) is 0 Å². The number of amides is 1. The average molecular weight is 327 g/mol. The number of nitro groups is 2. The molecule has 0 radical (unpaired) electrons. The highest BCUT2D eigenvalue weighted by atomic mass is 16.6. The fourth-order valence-corrected chi connectivity index (χ4v) is 1.36. The summed E-state index contributed by atoms with van der Waals surface area (Å²) in [5.41, 5.74) is 0. The monoisotopic (exact) mass is 327 g/mol. The lowest BCUT2D eigenvalue weighted by Gasteiger charge is -2.02. The summed E-state index contributed by atoms with van der Waals surface area (Å²) in [5, 5.41) is 31.0. The van der Waals surface area contributed by atoms with Crippen LogP contribution in [-0.4, -0.2) is 53.5 Å². The second-order valence-electron chi connectivity index (χ2n) is 3.86. The number of H-pyrrole nitrogens is 1. The summed E-state index contributed by atoms with van der Waals surface area (Å²) in [6.07, 6.45) is 5.32. The standard InChI is InChI=1S/C7H10N4O4.C3H3N3O2/c12-4-2-8-6(13)5-10-3-1-9-7(10)11(14)15;7-6(8)3-4-1-2-5-3/h1,3,12H,2,4-5H2,(H,8,13);1-2H,(H,4,5). The summed E-state index contributed by atoms with van der Waals surface area (Å²) in [6.45, 7) is -0.227. The Bertz CT molecular complexity index is 652. The van der Waals surface area contributed by atoms with E-state index in [9.17, 15) is 25.0 Å². The molecule has 0 spiro atoms. The Morgan fingerprint density at radius 1 is 1.30 bits per heavy atom. The number of nitrogens with zero attached hydrogens (tertiary/aromatic N) is 5. The highest BCUT2D eigenvalue weighted by molar-refractivity contribution is 5.75. The third kappa shape index (κ3) is 5.88. The molecule has 1 amide bonds. The van der Waals surface area contributed by atoms with Crippen molar-refractivity contribution in [1.29, 1.82) is 0 Å². The molecule has 0 aliphatic rings. The van der Waals surface area contributed by atoms with Crippen LogP contribution in [0.3, 0.4) is 0 Å². The summed E-state index contributed by atoms with van der Waals surface area (Å²) >= 11 is 0. The van der Waals surface area contributed by atoms with Gasteiger partial charge in [-0.1, -0.05) is 9.97 Å². The zero-order valence-electron chi connectivity index (χ0n) is 11.7. The number of rotatable bonds is 6. The molecule has 0 atom stereocenters. The Hall–Kier alpha value is -3.35. The second kappa shape index (κ2) is 8.83. The van der Waals surface area contributed by atoms with Gasteiger partial charge >= 0.3 is 11.9 Å². The van der Waals surface area contributed by atoms with Gasteiger partial charge < -0.3 is 30.7 Å². The molecule has 2 aromatic heterocycles. The van der Waals surface area contributed by atoms with E-state index in [-0.39, 0.29) is 31.6 Å². The van der Waals surface area contributed by atoms with Gasteiger partial charge in [-0.2, -0.15) is 0 Å². The van der Waals surface area contributed by atoms with Crippen molar-refractivity contribution in [3.05, 3.63) is 45.0 Å². The molecule has 0 unspecified atom stereocenters. The molecule has 2 aromatic rings. The summed E-state index contributed by atoms with van der Waals surface area (Å²) in [7, 11) is 0. The van der Waals surface area contributed by atoms with E-state index >= 15 is 0 Å². The molecule has 23 heavy (non-hydrogen) atoms. The number of carbonyl (C=O) groups excluding carboxylic acids is 1. The van der Waals surface area contributed by atoms with Gasteiger partial charge in [-0.05, 0) is 9.85 Å². The van der Waals surface area contributed by atoms with Crippen LogP contribution in [0.15, 0.2) is 24.8 Å². The number of aromatic amines is 1. The van der Waals surface area contributed by atoms with E-state index in [1.807, 2.05) is 0 Å². The maximum absolute atomic E-state index is 11.2. The average Bonchev–Trinajstić information content (AvgIpc) is 3.16. The van der Waals surface area contributed by atoms with Crippen molar-refractivity contribution >= 4 is 17.8 Å². The van der Waals surface area contributed by atoms with Crippen LogP contribution in [0, 0.1) is 20.2 Å². The number of aliphatic hydroxyl groups is 1. The van der Waals surface area contributed by atoms with Gasteiger partial charge in [0, 0.05) is 6.54 Å². The van der Waals surface area contributed by atoms with Crippen molar-refractivity contribution in [3.8, 4) is 0 Å². The van der Waals surface area contributed by atoms with Crippen LogP contribution in [-0.2, 0) is 11.3 Å². The minimum atomic E-state index is -0.667. The van der Waals surface area contributed by atoms with E-state index in [0.29, 0.717) is 0 Å². The van der Waals surface area contributed by atoms with E-state index in [2.05, 4.69) is 20.3 Å². The molecule has 3 N–H and O–H groups in total. The Morgan fingerprint density at radius 2 is 2.04 bits per heavy atom. The number of hydrogen-bond acceptors (Lipinski definition) is 8. The van der Waals surface area contributed by atoms with Crippen molar-refractivity contribution in [2.75, 3.05) is 13.2 Å². The van der Waals surface area contributed by atoms with Crippen LogP contribution in [0.1, 0.15) is 0 Å². The molecule has 2 rings (SSSR count). The van der Waals surface area contributed by atoms with Crippen LogP contribution in [0.25, 0.3) is 0 Å². The zero-order valence-corrected chi connectivity index (χ0v) is 11.7. The van der Waals surface area contributed by atoms with Crippen molar-refractivity contribution in [2.45, 2.75) is 6.54 Å². The van der Waals surface area contributed by atoms with Gasteiger partial charge in [-0.15, -0.1) is 0 Å². The van der Waals surface area contributed by atoms with Crippen LogP contribution in [0.4, 0.5) is 11.9 Å². The topological polar surface area (TPSA) is 182 Å². The molecule has 0 saturated carbocycles. The first-order valence-electron chi connectivity index (χ1n) is 6.12. The van der Waals surface area contributed by atoms with Crippen LogP contribution < -0.4 is 5.32 Å². The molecule has 0 saturated heterocycles. The molecule has 13 heteroatoms. The van der Waals surface area contributed by atoms with E-state index in [1.165, 1.54) is 24.8 Å². The maximum Gasteiger partial charge on any atom is 0.435 e. The first-order chi connectivity index (χ1) is 11.0. The number of aromatic nitrogens is 4. The lowest BCUT2D eigenvalue weighted by atomic mass is 10.5. The third-order valence-electron chi connectivity index (χ3n) is 2.26. The van der Waals surface area contributed by atoms with Crippen molar-refractivity contribution < 1.29 is 19.7 Å². The first kappa shape index (κ1) is 17.7. The molecule has 0 aliphatic carbocycles. The molecule has 0 aliphatic heterocycles. The predicted octanol–water partition coefficient (Wildman–Crippen LogP) is -0.782. The molecule has 0 aromatic carbocycles. The van der Waals surface area contributed by atoms with Gasteiger partial charge in [0.25, 0.3) is 5.91 Å². The van der Waals surface area contributed by atoms with Gasteiger partial charge in [0.15, 0.2) is 6.54 Å². The molecule has 0 bridgehead atoms. The largest absolute Gasteiger partial charge is 0.435 e. The lowest BCUT2D eigenvalue weighted by molar-refractivity contribution is -0.396. The minimum absolute atomic E-state index is 0.126. The van der Waals surface area contributed by atoms with Gasteiger partial charge in [0.1, 0.15) is 18.6 Å². The number of carbonyl (C=O) groups is 1. The van der Waals surface area contributed by atoms with Gasteiger partial charge in [0.2, 0.25) is 0 Å². The SMILES string of the molecule is O=C(Cn1ccnc1[N+](=O)[O-])NCCO.O=[N+]([O-])c1ncc[nH]1. The Balaban J connectivity index is 0.000000277. The Kier molecular flexibility index (Phi) is 6.80. The van der Waals surface area contributed by atoms with Crippen LogP contribution >= 0.6 is 0 Å². The number of hydrogen-bond donors (Lipinski definition) is 3. The Morgan fingerprint density at radius 3 is 2.52 bits per heavy atom. The van der Waals surface area contributed by atoms with Crippen molar-refractivity contribution in [3.63, 3.8) is 0 Å². The molecule has 13 nitrogen and oxygen atoms in total. The number of aliphatic hydroxyl groups excluding tert-OH is 1. The molecule has 124 valence electrons. The van der Waals surface area contributed by atoms with Crippen molar-refractivity contribution in [1.82, 2.24) is 24.8 Å². The summed E-state index contributed by atoms with van der Waals surface area (Å²) in [6, 6.07) is 0. The number of imidazole rings is 2. The number of nitrogens with one attached hydrogen (secondary N) is 2. The van der Waals surface area contributed by atoms with E-state index < -0.39 is 15.8 Å². The summed E-state index contributed by atoms with van der Waals surface area (Å²) in [5.74, 6) is -1.01. The lowest BCUT2D eigenvalue weighted by Crippen LogP contribution is -2.30. The molecular weight excluding hydrogens is 314 g/mol. The van der Waals surface area contributed by atoms with Crippen LogP contribution in [0.5, 0.6) is 0 Å². The van der Waals surface area contributed by atoms with Gasteiger partial charge in [0.05, 0.1) is 12.8 Å². The molecule has 0 fully saturated rings.